The second-order valence-corrected chi connectivity index (χ2v) is 6.70. The molecule has 124 valence electrons. The quantitative estimate of drug-likeness (QED) is 0.540. The van der Waals surface area contributed by atoms with Crippen LogP contribution in [0.3, 0.4) is 0 Å². The van der Waals surface area contributed by atoms with E-state index in [-0.39, 0.29) is 0 Å². The van der Waals surface area contributed by atoms with Gasteiger partial charge < -0.3 is 9.73 Å². The number of para-hydroxylation sites is 1. The first-order chi connectivity index (χ1) is 12.2. The zero-order valence-corrected chi connectivity index (χ0v) is 14.5. The average Bonchev–Trinajstić information content (AvgIpc) is 3.31. The molecule has 25 heavy (non-hydrogen) atoms. The minimum absolute atomic E-state index is 0.741. The topological polar surface area (TPSA) is 43.0 Å². The largest absolute Gasteiger partial charge is 0.454 e. The van der Waals surface area contributed by atoms with Crippen molar-refractivity contribution in [3.63, 3.8) is 0 Å². The first-order valence-electron chi connectivity index (χ1n) is 8.32. The van der Waals surface area contributed by atoms with Crippen molar-refractivity contribution in [1.29, 1.82) is 0 Å². The summed E-state index contributed by atoms with van der Waals surface area (Å²) in [7, 11) is 0. The van der Waals surface area contributed by atoms with Gasteiger partial charge in [-0.1, -0.05) is 35.9 Å². The van der Waals surface area contributed by atoms with E-state index >= 15 is 0 Å². The lowest BCUT2D eigenvalue weighted by molar-refractivity contribution is 0.626. The fraction of sp³-hybridized carbons (Fsp3) is 0.150. The normalized spacial score (nSPS) is 13.2. The maximum Gasteiger partial charge on any atom is 0.156 e. The Bertz CT molecular complexity index is 1080. The number of fused-ring (bicyclic) bond motifs is 2. The van der Waals surface area contributed by atoms with Gasteiger partial charge in [0.2, 0.25) is 0 Å². The molecule has 0 saturated heterocycles. The molecule has 4 aromatic rings. The second-order valence-electron chi connectivity index (χ2n) is 6.30. The van der Waals surface area contributed by atoms with Gasteiger partial charge in [0.1, 0.15) is 17.1 Å². The summed E-state index contributed by atoms with van der Waals surface area (Å²) in [5, 5.41) is 10.2. The third kappa shape index (κ3) is 2.18. The zero-order chi connectivity index (χ0) is 17.0. The molecule has 4 nitrogen and oxygen atoms in total. The van der Waals surface area contributed by atoms with Crippen LogP contribution in [0.2, 0.25) is 5.02 Å². The summed E-state index contributed by atoms with van der Waals surface area (Å²) in [5.74, 6) is 1.83. The molecule has 2 aromatic heterocycles. The first kappa shape index (κ1) is 14.6. The predicted octanol–water partition coefficient (Wildman–Crippen LogP) is 5.22. The van der Waals surface area contributed by atoms with E-state index in [0.717, 1.165) is 57.5 Å². The fourth-order valence-electron chi connectivity index (χ4n) is 3.47. The molecule has 3 heterocycles. The number of nitrogens with zero attached hydrogens (tertiary/aromatic N) is 2. The van der Waals surface area contributed by atoms with E-state index in [1.807, 2.05) is 48.0 Å². The first-order valence-corrected chi connectivity index (χ1v) is 8.70. The van der Waals surface area contributed by atoms with Crippen LogP contribution in [-0.2, 0) is 6.42 Å². The maximum atomic E-state index is 6.31. The molecule has 0 unspecified atom stereocenters. The third-order valence-corrected chi connectivity index (χ3v) is 5.19. The Balaban J connectivity index is 1.73. The Morgan fingerprint density at radius 1 is 1.16 bits per heavy atom. The van der Waals surface area contributed by atoms with Crippen LogP contribution in [0, 0.1) is 6.92 Å². The minimum Gasteiger partial charge on any atom is -0.454 e. The lowest BCUT2D eigenvalue weighted by Crippen LogP contribution is -2.05. The lowest BCUT2D eigenvalue weighted by atomic mass is 10.1. The van der Waals surface area contributed by atoms with Crippen molar-refractivity contribution in [2.75, 3.05) is 11.9 Å². The summed E-state index contributed by atoms with van der Waals surface area (Å²) in [6.45, 7) is 2.92. The molecular formula is C20H16ClN3O. The van der Waals surface area contributed by atoms with Crippen molar-refractivity contribution in [2.24, 2.45) is 0 Å². The highest BCUT2D eigenvalue weighted by atomic mass is 35.5. The van der Waals surface area contributed by atoms with Crippen molar-refractivity contribution in [3.8, 4) is 17.1 Å². The van der Waals surface area contributed by atoms with Gasteiger partial charge in [0.25, 0.3) is 0 Å². The number of halogens is 1. The summed E-state index contributed by atoms with van der Waals surface area (Å²) in [4.78, 5) is 0. The molecule has 1 N–H and O–H groups in total. The number of aromatic nitrogens is 2. The SMILES string of the molecule is Cc1c(Cl)cccc1-n1nc(-c2cc3ccccc3o2)c2c1NCC2. The smallest absolute Gasteiger partial charge is 0.156 e. The predicted molar refractivity (Wildman–Crippen MR) is 101 cm³/mol. The Morgan fingerprint density at radius 2 is 2.04 bits per heavy atom. The van der Waals surface area contributed by atoms with E-state index in [1.54, 1.807) is 0 Å². The standard InChI is InChI=1S/C20H16ClN3O/c1-12-15(21)6-4-7-16(12)24-20-14(9-10-22-20)19(23-24)18-11-13-5-2-3-8-17(13)25-18/h2-8,11,22H,9-10H2,1H3. The number of anilines is 1. The lowest BCUT2D eigenvalue weighted by Gasteiger charge is -2.10. The number of rotatable bonds is 2. The van der Waals surface area contributed by atoms with E-state index in [0.29, 0.717) is 0 Å². The van der Waals surface area contributed by atoms with Crippen LogP contribution < -0.4 is 5.32 Å². The van der Waals surface area contributed by atoms with Crippen LogP contribution >= 0.6 is 11.6 Å². The molecule has 5 rings (SSSR count). The summed E-state index contributed by atoms with van der Waals surface area (Å²) in [6.07, 6.45) is 0.932. The molecule has 1 aliphatic heterocycles. The second kappa shape index (κ2) is 5.39. The van der Waals surface area contributed by atoms with Gasteiger partial charge in [-0.15, -0.1) is 0 Å². The number of benzene rings is 2. The van der Waals surface area contributed by atoms with Gasteiger partial charge in [-0.2, -0.15) is 5.10 Å². The van der Waals surface area contributed by atoms with Crippen molar-refractivity contribution in [1.82, 2.24) is 9.78 Å². The Labute approximate surface area is 150 Å². The van der Waals surface area contributed by atoms with E-state index < -0.39 is 0 Å². The highest BCUT2D eigenvalue weighted by Gasteiger charge is 2.26. The molecule has 0 fully saturated rings. The molecule has 5 heteroatoms. The van der Waals surface area contributed by atoms with Gasteiger partial charge in [-0.25, -0.2) is 4.68 Å². The number of furan rings is 1. The van der Waals surface area contributed by atoms with Crippen molar-refractivity contribution in [2.45, 2.75) is 13.3 Å². The summed E-state index contributed by atoms with van der Waals surface area (Å²) >= 11 is 6.31. The third-order valence-electron chi connectivity index (χ3n) is 4.78. The fourth-order valence-corrected chi connectivity index (χ4v) is 3.64. The number of hydrogen-bond donors (Lipinski definition) is 1. The molecule has 0 spiro atoms. The molecule has 1 aliphatic rings. The Kier molecular flexibility index (Phi) is 3.15. The average molecular weight is 350 g/mol. The molecule has 0 atom stereocenters. The Hall–Kier alpha value is -2.72. The van der Waals surface area contributed by atoms with Gasteiger partial charge in [0.15, 0.2) is 5.76 Å². The molecule has 0 bridgehead atoms. The van der Waals surface area contributed by atoms with Gasteiger partial charge in [-0.3, -0.25) is 0 Å². The zero-order valence-electron chi connectivity index (χ0n) is 13.7. The van der Waals surface area contributed by atoms with Crippen LogP contribution in [0.15, 0.2) is 52.9 Å². The van der Waals surface area contributed by atoms with Crippen molar-refractivity contribution >= 4 is 28.4 Å². The van der Waals surface area contributed by atoms with Gasteiger partial charge >= 0.3 is 0 Å². The van der Waals surface area contributed by atoms with Gasteiger partial charge in [0.05, 0.1) is 5.69 Å². The van der Waals surface area contributed by atoms with Crippen LogP contribution in [0.4, 0.5) is 5.82 Å². The number of nitrogens with one attached hydrogen (secondary N) is 1. The van der Waals surface area contributed by atoms with Crippen LogP contribution in [0.5, 0.6) is 0 Å². The van der Waals surface area contributed by atoms with E-state index in [4.69, 9.17) is 21.1 Å². The summed E-state index contributed by atoms with van der Waals surface area (Å²) in [5.41, 5.74) is 4.97. The summed E-state index contributed by atoms with van der Waals surface area (Å²) < 4.78 is 8.00. The van der Waals surface area contributed by atoms with E-state index in [1.165, 1.54) is 5.56 Å². The highest BCUT2D eigenvalue weighted by Crippen LogP contribution is 2.37. The van der Waals surface area contributed by atoms with E-state index in [2.05, 4.69) is 17.4 Å². The van der Waals surface area contributed by atoms with E-state index in [9.17, 15) is 0 Å². The highest BCUT2D eigenvalue weighted by molar-refractivity contribution is 6.31. The van der Waals surface area contributed by atoms with Crippen LogP contribution in [0.1, 0.15) is 11.1 Å². The minimum atomic E-state index is 0.741. The number of hydrogen-bond acceptors (Lipinski definition) is 3. The Morgan fingerprint density at radius 3 is 2.92 bits per heavy atom. The van der Waals surface area contributed by atoms with Gasteiger partial charge in [-0.05, 0) is 43.2 Å². The monoisotopic (exact) mass is 349 g/mol. The van der Waals surface area contributed by atoms with Crippen molar-refractivity contribution in [3.05, 3.63) is 64.7 Å². The molecule has 0 aliphatic carbocycles. The molecule has 0 radical (unpaired) electrons. The molecule has 0 saturated carbocycles. The maximum absolute atomic E-state index is 6.31. The molecule has 2 aromatic carbocycles. The van der Waals surface area contributed by atoms with Crippen LogP contribution in [-0.4, -0.2) is 16.3 Å². The summed E-state index contributed by atoms with van der Waals surface area (Å²) in [6, 6.07) is 16.0. The van der Waals surface area contributed by atoms with Crippen molar-refractivity contribution < 1.29 is 4.42 Å². The van der Waals surface area contributed by atoms with Gasteiger partial charge in [0, 0.05) is 22.5 Å². The molecule has 0 amide bonds. The molecular weight excluding hydrogens is 334 g/mol. The van der Waals surface area contributed by atoms with Crippen LogP contribution in [0.25, 0.3) is 28.1 Å².